The van der Waals surface area contributed by atoms with E-state index in [-0.39, 0.29) is 18.2 Å². The number of aryl methyl sites for hydroxylation is 4. The predicted octanol–water partition coefficient (Wildman–Crippen LogP) is 3.18. The summed E-state index contributed by atoms with van der Waals surface area (Å²) in [5, 5.41) is 8.10. The molecule has 0 aliphatic carbocycles. The summed E-state index contributed by atoms with van der Waals surface area (Å²) in [5.74, 6) is 1.19. The van der Waals surface area contributed by atoms with E-state index in [4.69, 9.17) is 9.26 Å². The summed E-state index contributed by atoms with van der Waals surface area (Å²) in [6.07, 6.45) is 1.71. The maximum absolute atomic E-state index is 12.9. The number of amides is 1. The highest BCUT2D eigenvalue weighted by atomic mass is 16.5. The van der Waals surface area contributed by atoms with Crippen molar-refractivity contribution in [3.63, 3.8) is 0 Å². The van der Waals surface area contributed by atoms with E-state index in [1.807, 2.05) is 45.2 Å². The lowest BCUT2D eigenvalue weighted by molar-refractivity contribution is 0.0769. The Hall–Kier alpha value is -3.09. The Balaban J connectivity index is 1.77. The third-order valence-electron chi connectivity index (χ3n) is 4.63. The Morgan fingerprint density at radius 2 is 1.93 bits per heavy atom. The van der Waals surface area contributed by atoms with Crippen molar-refractivity contribution in [2.75, 3.05) is 7.05 Å². The number of carbonyl (C=O) groups is 1. The minimum Gasteiger partial charge on any atom is -0.488 e. The van der Waals surface area contributed by atoms with E-state index in [1.54, 1.807) is 29.7 Å². The Labute approximate surface area is 158 Å². The molecule has 1 aromatic carbocycles. The second-order valence-electron chi connectivity index (χ2n) is 6.68. The van der Waals surface area contributed by atoms with Gasteiger partial charge in [-0.15, -0.1) is 0 Å². The minimum atomic E-state index is -0.215. The molecule has 27 heavy (non-hydrogen) atoms. The van der Waals surface area contributed by atoms with E-state index in [2.05, 4.69) is 10.3 Å². The highest BCUT2D eigenvalue weighted by Gasteiger charge is 2.24. The molecule has 0 aliphatic rings. The van der Waals surface area contributed by atoms with E-state index >= 15 is 0 Å². The number of aromatic nitrogens is 3. The van der Waals surface area contributed by atoms with Crippen LogP contribution < -0.4 is 4.74 Å². The molecule has 0 spiro atoms. The Bertz CT molecular complexity index is 938. The molecular formula is C20H24N4O3. The normalized spacial score (nSPS) is 10.9. The number of hydrogen-bond acceptors (Lipinski definition) is 5. The molecule has 0 atom stereocenters. The number of rotatable bonds is 6. The quantitative estimate of drug-likeness (QED) is 0.668. The summed E-state index contributed by atoms with van der Waals surface area (Å²) in [5.41, 5.74) is 3.97. The molecule has 7 nitrogen and oxygen atoms in total. The number of benzene rings is 1. The van der Waals surface area contributed by atoms with Crippen LogP contribution in [0.25, 0.3) is 0 Å². The SMILES string of the molecule is Cc1cccc(C)c1OCc1c(C(=O)N(C)Cc2ccnn2C)noc1C. The molecule has 2 aromatic heterocycles. The summed E-state index contributed by atoms with van der Waals surface area (Å²) >= 11 is 0. The molecule has 2 heterocycles. The van der Waals surface area contributed by atoms with Gasteiger partial charge >= 0.3 is 0 Å². The average Bonchev–Trinajstić information content (AvgIpc) is 3.20. The van der Waals surface area contributed by atoms with Gasteiger partial charge < -0.3 is 14.2 Å². The first-order chi connectivity index (χ1) is 12.9. The van der Waals surface area contributed by atoms with E-state index in [0.29, 0.717) is 17.9 Å². The maximum Gasteiger partial charge on any atom is 0.276 e. The van der Waals surface area contributed by atoms with Crippen molar-refractivity contribution in [2.24, 2.45) is 7.05 Å². The van der Waals surface area contributed by atoms with Gasteiger partial charge in [0.15, 0.2) is 5.69 Å². The summed E-state index contributed by atoms with van der Waals surface area (Å²) in [6.45, 7) is 6.43. The van der Waals surface area contributed by atoms with Gasteiger partial charge in [0.1, 0.15) is 18.1 Å². The molecule has 0 bridgehead atoms. The fourth-order valence-electron chi connectivity index (χ4n) is 2.95. The fourth-order valence-corrected chi connectivity index (χ4v) is 2.95. The zero-order chi connectivity index (χ0) is 19.6. The number of para-hydroxylation sites is 1. The molecule has 0 saturated carbocycles. The summed E-state index contributed by atoms with van der Waals surface area (Å²) in [6, 6.07) is 7.86. The van der Waals surface area contributed by atoms with Crippen LogP contribution in [-0.2, 0) is 20.2 Å². The van der Waals surface area contributed by atoms with Gasteiger partial charge in [0.2, 0.25) is 0 Å². The monoisotopic (exact) mass is 368 g/mol. The number of carbonyl (C=O) groups excluding carboxylic acids is 1. The molecular weight excluding hydrogens is 344 g/mol. The van der Waals surface area contributed by atoms with Crippen molar-refractivity contribution in [3.8, 4) is 5.75 Å². The van der Waals surface area contributed by atoms with Gasteiger partial charge in [0.05, 0.1) is 17.8 Å². The number of hydrogen-bond donors (Lipinski definition) is 0. The van der Waals surface area contributed by atoms with Crippen LogP contribution in [0.1, 0.15) is 38.6 Å². The first-order valence-corrected chi connectivity index (χ1v) is 8.75. The second kappa shape index (κ2) is 7.65. The zero-order valence-corrected chi connectivity index (χ0v) is 16.3. The van der Waals surface area contributed by atoms with Crippen LogP contribution in [0.5, 0.6) is 5.75 Å². The summed E-state index contributed by atoms with van der Waals surface area (Å²) in [7, 11) is 3.58. The van der Waals surface area contributed by atoms with Crippen molar-refractivity contribution in [2.45, 2.75) is 33.9 Å². The molecule has 142 valence electrons. The van der Waals surface area contributed by atoms with Gasteiger partial charge in [-0.2, -0.15) is 5.10 Å². The van der Waals surface area contributed by atoms with Gasteiger partial charge in [0.25, 0.3) is 5.91 Å². The Kier molecular flexibility index (Phi) is 5.30. The zero-order valence-electron chi connectivity index (χ0n) is 16.3. The molecule has 1 amide bonds. The highest BCUT2D eigenvalue weighted by Crippen LogP contribution is 2.25. The van der Waals surface area contributed by atoms with Crippen molar-refractivity contribution in [3.05, 3.63) is 64.3 Å². The molecule has 0 fully saturated rings. The van der Waals surface area contributed by atoms with Gasteiger partial charge in [0, 0.05) is 20.3 Å². The first kappa shape index (κ1) is 18.7. The van der Waals surface area contributed by atoms with Crippen LogP contribution in [0, 0.1) is 20.8 Å². The van der Waals surface area contributed by atoms with Crippen molar-refractivity contribution in [1.82, 2.24) is 19.8 Å². The van der Waals surface area contributed by atoms with Gasteiger partial charge in [-0.25, -0.2) is 0 Å². The number of nitrogens with zero attached hydrogens (tertiary/aromatic N) is 4. The molecule has 3 aromatic rings. The fraction of sp³-hybridized carbons (Fsp3) is 0.350. The maximum atomic E-state index is 12.9. The largest absolute Gasteiger partial charge is 0.488 e. The smallest absolute Gasteiger partial charge is 0.276 e. The van der Waals surface area contributed by atoms with Crippen LogP contribution in [0.4, 0.5) is 0 Å². The lowest BCUT2D eigenvalue weighted by Crippen LogP contribution is -2.28. The third-order valence-corrected chi connectivity index (χ3v) is 4.63. The van der Waals surface area contributed by atoms with Crippen LogP contribution in [0.3, 0.4) is 0 Å². The first-order valence-electron chi connectivity index (χ1n) is 8.75. The topological polar surface area (TPSA) is 73.4 Å². The average molecular weight is 368 g/mol. The van der Waals surface area contributed by atoms with Gasteiger partial charge in [-0.1, -0.05) is 23.4 Å². The third kappa shape index (κ3) is 3.86. The summed E-state index contributed by atoms with van der Waals surface area (Å²) in [4.78, 5) is 14.5. The van der Waals surface area contributed by atoms with Crippen LogP contribution in [0.2, 0.25) is 0 Å². The summed E-state index contributed by atoms with van der Waals surface area (Å²) < 4.78 is 13.0. The molecule has 0 unspecified atom stereocenters. The van der Waals surface area contributed by atoms with E-state index in [9.17, 15) is 4.79 Å². The minimum absolute atomic E-state index is 0.215. The lowest BCUT2D eigenvalue weighted by atomic mass is 10.1. The molecule has 7 heteroatoms. The van der Waals surface area contributed by atoms with Gasteiger partial charge in [-0.3, -0.25) is 9.48 Å². The molecule has 3 rings (SSSR count). The van der Waals surface area contributed by atoms with Crippen LogP contribution in [0.15, 0.2) is 35.0 Å². The van der Waals surface area contributed by atoms with E-state index in [0.717, 1.165) is 22.6 Å². The predicted molar refractivity (Wildman–Crippen MR) is 100 cm³/mol. The second-order valence-corrected chi connectivity index (χ2v) is 6.68. The van der Waals surface area contributed by atoms with Crippen molar-refractivity contribution in [1.29, 1.82) is 0 Å². The van der Waals surface area contributed by atoms with Crippen molar-refractivity contribution < 1.29 is 14.1 Å². The van der Waals surface area contributed by atoms with Crippen LogP contribution >= 0.6 is 0 Å². The highest BCUT2D eigenvalue weighted by molar-refractivity contribution is 5.93. The number of ether oxygens (including phenoxy) is 1. The van der Waals surface area contributed by atoms with Crippen LogP contribution in [-0.4, -0.2) is 32.8 Å². The lowest BCUT2D eigenvalue weighted by Gasteiger charge is -2.17. The van der Waals surface area contributed by atoms with E-state index in [1.165, 1.54) is 0 Å². The van der Waals surface area contributed by atoms with Gasteiger partial charge in [-0.05, 0) is 38.0 Å². The van der Waals surface area contributed by atoms with Crippen molar-refractivity contribution >= 4 is 5.91 Å². The molecule has 0 saturated heterocycles. The molecule has 0 N–H and O–H groups in total. The standard InChI is InChI=1S/C20H24N4O3/c1-13-7-6-8-14(2)19(13)26-12-17-15(3)27-22-18(17)20(25)23(4)11-16-9-10-21-24(16)5/h6-10H,11-12H2,1-5H3. The molecule has 0 radical (unpaired) electrons. The Morgan fingerprint density at radius 1 is 1.22 bits per heavy atom. The van der Waals surface area contributed by atoms with E-state index < -0.39 is 0 Å². The molecule has 0 aliphatic heterocycles. The Morgan fingerprint density at radius 3 is 2.56 bits per heavy atom.